The van der Waals surface area contributed by atoms with Gasteiger partial charge in [-0.25, -0.2) is 0 Å². The van der Waals surface area contributed by atoms with E-state index in [0.717, 1.165) is 38.1 Å². The highest BCUT2D eigenvalue weighted by atomic mass is 16.1. The standard InChI is InChI=1S/C16H29NO/c17-12-14-6-9-15(10-7-14)16(18)11-8-13-4-2-1-3-5-13/h13-15H,1-12,17H2. The molecule has 0 spiro atoms. The third-order valence-electron chi connectivity index (χ3n) is 5.16. The minimum absolute atomic E-state index is 0.372. The van der Waals surface area contributed by atoms with Crippen LogP contribution < -0.4 is 5.73 Å². The molecule has 18 heavy (non-hydrogen) atoms. The van der Waals surface area contributed by atoms with Gasteiger partial charge in [-0.05, 0) is 50.5 Å². The summed E-state index contributed by atoms with van der Waals surface area (Å²) >= 11 is 0. The highest BCUT2D eigenvalue weighted by Gasteiger charge is 2.26. The zero-order chi connectivity index (χ0) is 12.8. The molecule has 2 aliphatic rings. The van der Waals surface area contributed by atoms with Gasteiger partial charge in [0.1, 0.15) is 5.78 Å². The maximum Gasteiger partial charge on any atom is 0.135 e. The molecule has 2 heteroatoms. The number of carbonyl (C=O) groups excluding carboxylic acids is 1. The van der Waals surface area contributed by atoms with E-state index in [-0.39, 0.29) is 0 Å². The Balaban J connectivity index is 1.65. The second kappa shape index (κ2) is 7.28. The summed E-state index contributed by atoms with van der Waals surface area (Å²) in [6, 6.07) is 0. The van der Waals surface area contributed by atoms with E-state index >= 15 is 0 Å². The summed E-state index contributed by atoms with van der Waals surface area (Å²) < 4.78 is 0. The fourth-order valence-electron chi connectivity index (χ4n) is 3.75. The quantitative estimate of drug-likeness (QED) is 0.810. The monoisotopic (exact) mass is 251 g/mol. The van der Waals surface area contributed by atoms with Crippen molar-refractivity contribution in [3.8, 4) is 0 Å². The van der Waals surface area contributed by atoms with Crippen molar-refractivity contribution < 1.29 is 4.79 Å². The fraction of sp³-hybridized carbons (Fsp3) is 0.938. The molecule has 0 amide bonds. The third kappa shape index (κ3) is 4.08. The van der Waals surface area contributed by atoms with Crippen LogP contribution in [0.3, 0.4) is 0 Å². The van der Waals surface area contributed by atoms with Gasteiger partial charge in [-0.1, -0.05) is 32.1 Å². The molecule has 0 saturated heterocycles. The summed E-state index contributed by atoms with van der Waals surface area (Å²) in [6.07, 6.45) is 13.5. The normalized spacial score (nSPS) is 30.3. The third-order valence-corrected chi connectivity index (χ3v) is 5.16. The maximum atomic E-state index is 12.2. The van der Waals surface area contributed by atoms with E-state index in [9.17, 15) is 4.79 Å². The summed E-state index contributed by atoms with van der Waals surface area (Å²) in [5.74, 6) is 2.46. The lowest BCUT2D eigenvalue weighted by Crippen LogP contribution is -2.26. The molecule has 2 rings (SSSR count). The number of rotatable bonds is 5. The Morgan fingerprint density at radius 2 is 1.56 bits per heavy atom. The first-order chi connectivity index (χ1) is 8.79. The van der Waals surface area contributed by atoms with Gasteiger partial charge in [0.2, 0.25) is 0 Å². The van der Waals surface area contributed by atoms with Crippen LogP contribution in [-0.4, -0.2) is 12.3 Å². The van der Waals surface area contributed by atoms with Gasteiger partial charge in [0.15, 0.2) is 0 Å². The van der Waals surface area contributed by atoms with Crippen LogP contribution in [0.15, 0.2) is 0 Å². The molecular weight excluding hydrogens is 222 g/mol. The van der Waals surface area contributed by atoms with Gasteiger partial charge in [0.05, 0.1) is 0 Å². The second-order valence-corrected chi connectivity index (χ2v) is 6.46. The van der Waals surface area contributed by atoms with Crippen LogP contribution in [0.25, 0.3) is 0 Å². The minimum atomic E-state index is 0.372. The van der Waals surface area contributed by atoms with Gasteiger partial charge in [-0.2, -0.15) is 0 Å². The van der Waals surface area contributed by atoms with Gasteiger partial charge < -0.3 is 5.73 Å². The van der Waals surface area contributed by atoms with Crippen molar-refractivity contribution >= 4 is 5.78 Å². The molecule has 0 aliphatic heterocycles. The molecule has 0 aromatic heterocycles. The zero-order valence-electron chi connectivity index (χ0n) is 11.7. The molecule has 0 bridgehead atoms. The van der Waals surface area contributed by atoms with Gasteiger partial charge in [-0.3, -0.25) is 4.79 Å². The van der Waals surface area contributed by atoms with E-state index in [2.05, 4.69) is 0 Å². The molecule has 0 aromatic carbocycles. The average Bonchev–Trinajstić information content (AvgIpc) is 2.46. The van der Waals surface area contributed by atoms with Crippen molar-refractivity contribution in [3.63, 3.8) is 0 Å². The molecule has 2 nitrogen and oxygen atoms in total. The molecule has 2 fully saturated rings. The second-order valence-electron chi connectivity index (χ2n) is 6.46. The smallest absolute Gasteiger partial charge is 0.135 e. The van der Waals surface area contributed by atoms with E-state index in [4.69, 9.17) is 5.73 Å². The Kier molecular flexibility index (Phi) is 5.68. The molecule has 2 saturated carbocycles. The van der Waals surface area contributed by atoms with E-state index in [1.54, 1.807) is 0 Å². The predicted molar refractivity (Wildman–Crippen MR) is 75.3 cm³/mol. The Morgan fingerprint density at radius 1 is 0.889 bits per heavy atom. The minimum Gasteiger partial charge on any atom is -0.330 e. The summed E-state index contributed by atoms with van der Waals surface area (Å²) in [5.41, 5.74) is 5.70. The molecule has 2 N–H and O–H groups in total. The molecule has 104 valence electrons. The van der Waals surface area contributed by atoms with Crippen LogP contribution in [0.4, 0.5) is 0 Å². The predicted octanol–water partition coefficient (Wildman–Crippen LogP) is 3.68. The fourth-order valence-corrected chi connectivity index (χ4v) is 3.75. The Hall–Kier alpha value is -0.370. The molecule has 0 aromatic rings. The van der Waals surface area contributed by atoms with Gasteiger partial charge in [0.25, 0.3) is 0 Å². The van der Waals surface area contributed by atoms with Gasteiger partial charge >= 0.3 is 0 Å². The van der Waals surface area contributed by atoms with Crippen LogP contribution in [0, 0.1) is 17.8 Å². The number of carbonyl (C=O) groups is 1. The molecule has 2 aliphatic carbocycles. The average molecular weight is 251 g/mol. The molecule has 0 heterocycles. The van der Waals surface area contributed by atoms with Crippen molar-refractivity contribution in [2.45, 2.75) is 70.6 Å². The summed E-state index contributed by atoms with van der Waals surface area (Å²) in [6.45, 7) is 0.809. The van der Waals surface area contributed by atoms with E-state index in [1.165, 1.54) is 44.9 Å². The van der Waals surface area contributed by atoms with Crippen LogP contribution in [-0.2, 0) is 4.79 Å². The number of Topliss-reactive ketones (excluding diaryl/α,β-unsaturated/α-hetero) is 1. The lowest BCUT2D eigenvalue weighted by atomic mass is 9.78. The highest BCUT2D eigenvalue weighted by molar-refractivity contribution is 5.81. The van der Waals surface area contributed by atoms with Crippen molar-refractivity contribution in [1.29, 1.82) is 0 Å². The van der Waals surface area contributed by atoms with Gasteiger partial charge in [-0.15, -0.1) is 0 Å². The van der Waals surface area contributed by atoms with Crippen molar-refractivity contribution in [2.75, 3.05) is 6.54 Å². The first-order valence-corrected chi connectivity index (χ1v) is 8.02. The largest absolute Gasteiger partial charge is 0.330 e. The van der Waals surface area contributed by atoms with Crippen LogP contribution in [0.5, 0.6) is 0 Å². The van der Waals surface area contributed by atoms with Crippen LogP contribution in [0.1, 0.15) is 70.6 Å². The number of nitrogens with two attached hydrogens (primary N) is 1. The zero-order valence-corrected chi connectivity index (χ0v) is 11.7. The van der Waals surface area contributed by atoms with Crippen molar-refractivity contribution in [1.82, 2.24) is 0 Å². The Labute approximate surface area is 112 Å². The van der Waals surface area contributed by atoms with E-state index in [0.29, 0.717) is 17.6 Å². The molecule has 0 radical (unpaired) electrons. The first kappa shape index (κ1) is 14.0. The van der Waals surface area contributed by atoms with Crippen molar-refractivity contribution in [3.05, 3.63) is 0 Å². The Morgan fingerprint density at radius 3 is 2.17 bits per heavy atom. The van der Waals surface area contributed by atoms with Gasteiger partial charge in [0, 0.05) is 12.3 Å². The van der Waals surface area contributed by atoms with Crippen molar-refractivity contribution in [2.24, 2.45) is 23.5 Å². The molecule has 0 unspecified atom stereocenters. The SMILES string of the molecule is NCC1CCC(C(=O)CCC2CCCCC2)CC1. The summed E-state index contributed by atoms with van der Waals surface area (Å²) in [7, 11) is 0. The van der Waals surface area contributed by atoms with Crippen LogP contribution in [0.2, 0.25) is 0 Å². The highest BCUT2D eigenvalue weighted by Crippen LogP contribution is 2.32. The Bertz CT molecular complexity index is 250. The summed E-state index contributed by atoms with van der Waals surface area (Å²) in [5, 5.41) is 0. The topological polar surface area (TPSA) is 43.1 Å². The molecule has 0 atom stereocenters. The van der Waals surface area contributed by atoms with Crippen LogP contribution >= 0.6 is 0 Å². The summed E-state index contributed by atoms with van der Waals surface area (Å²) in [4.78, 5) is 12.2. The lowest BCUT2D eigenvalue weighted by molar-refractivity contribution is -0.124. The van der Waals surface area contributed by atoms with E-state index < -0.39 is 0 Å². The number of ketones is 1. The number of hydrogen-bond acceptors (Lipinski definition) is 2. The lowest BCUT2D eigenvalue weighted by Gasteiger charge is -2.27. The maximum absolute atomic E-state index is 12.2. The molecular formula is C16H29NO. The van der Waals surface area contributed by atoms with E-state index in [1.807, 2.05) is 0 Å². The first-order valence-electron chi connectivity index (χ1n) is 8.02. The number of hydrogen-bond donors (Lipinski definition) is 1.